The van der Waals surface area contributed by atoms with Gasteiger partial charge in [-0.3, -0.25) is 0 Å². The van der Waals surface area contributed by atoms with Gasteiger partial charge in [0.05, 0.1) is 18.0 Å². The molecule has 1 aliphatic carbocycles. The number of nitrogens with zero attached hydrogens (tertiary/aromatic N) is 2. The van der Waals surface area contributed by atoms with Gasteiger partial charge in [0, 0.05) is 0 Å². The predicted octanol–water partition coefficient (Wildman–Crippen LogP) is 2.86. The second-order valence-electron chi connectivity index (χ2n) is 4.97. The third-order valence-corrected chi connectivity index (χ3v) is 3.40. The van der Waals surface area contributed by atoms with Gasteiger partial charge in [0.2, 0.25) is 0 Å². The minimum atomic E-state index is -0.918. The van der Waals surface area contributed by atoms with Crippen molar-refractivity contribution in [3.05, 3.63) is 41.2 Å². The average molecular weight is 262 g/mol. The molecule has 19 heavy (non-hydrogen) atoms. The van der Waals surface area contributed by atoms with E-state index in [2.05, 4.69) is 9.97 Å². The Bertz CT molecular complexity index is 641. The van der Waals surface area contributed by atoms with E-state index < -0.39 is 11.6 Å². The van der Waals surface area contributed by atoms with E-state index in [1.165, 1.54) is 0 Å². The summed E-state index contributed by atoms with van der Waals surface area (Å²) in [7, 11) is 0. The molecule has 1 unspecified atom stereocenters. The number of fused-ring (bicyclic) bond motifs is 1. The van der Waals surface area contributed by atoms with Crippen LogP contribution < -0.4 is 0 Å². The largest absolute Gasteiger partial charge is 0.505 e. The van der Waals surface area contributed by atoms with Gasteiger partial charge < -0.3 is 5.11 Å². The maximum absolute atomic E-state index is 14.1. The lowest BCUT2D eigenvalue weighted by molar-refractivity contribution is 0.469. The normalized spacial score (nSPS) is 17.5. The fourth-order valence-corrected chi connectivity index (χ4v) is 2.54. The molecule has 0 aliphatic heterocycles. The molecule has 0 saturated heterocycles. The molecule has 1 N–H and O–H groups in total. The molecule has 3 nitrogen and oxygen atoms in total. The van der Waals surface area contributed by atoms with Crippen molar-refractivity contribution < 1.29 is 13.9 Å². The Balaban J connectivity index is 2.16. The van der Waals surface area contributed by atoms with Crippen molar-refractivity contribution in [1.82, 2.24) is 9.97 Å². The van der Waals surface area contributed by atoms with Crippen molar-refractivity contribution in [2.45, 2.75) is 19.8 Å². The lowest BCUT2D eigenvalue weighted by Crippen LogP contribution is -2.00. The summed E-state index contributed by atoms with van der Waals surface area (Å²) in [6, 6.07) is 1.61. The Morgan fingerprint density at radius 1 is 1.16 bits per heavy atom. The first-order valence-corrected chi connectivity index (χ1v) is 6.07. The fourth-order valence-electron chi connectivity index (χ4n) is 2.54. The van der Waals surface area contributed by atoms with Gasteiger partial charge in [-0.1, -0.05) is 6.92 Å². The molecule has 0 radical (unpaired) electrons. The number of aromatic nitrogens is 2. The SMILES string of the molecule is CC1Cc2cc(-c3ncc(O)cn3)c(F)c(F)c2C1. The standard InChI is InChI=1S/C14H12F2N2O/c1-7-2-8-4-11(13(16)12(15)10(8)3-7)14-17-5-9(19)6-18-14/h4-7,19H,2-3H2,1H3. The second-order valence-corrected chi connectivity index (χ2v) is 4.97. The summed E-state index contributed by atoms with van der Waals surface area (Å²) < 4.78 is 28.1. The van der Waals surface area contributed by atoms with E-state index in [9.17, 15) is 8.78 Å². The van der Waals surface area contributed by atoms with Gasteiger partial charge in [0.1, 0.15) is 0 Å². The van der Waals surface area contributed by atoms with Crippen LogP contribution in [0.4, 0.5) is 8.78 Å². The van der Waals surface area contributed by atoms with Gasteiger partial charge in [-0.15, -0.1) is 0 Å². The summed E-state index contributed by atoms with van der Waals surface area (Å²) >= 11 is 0. The molecule has 98 valence electrons. The Labute approximate surface area is 109 Å². The fraction of sp³-hybridized carbons (Fsp3) is 0.286. The quantitative estimate of drug-likeness (QED) is 0.859. The molecule has 0 bridgehead atoms. The zero-order valence-corrected chi connectivity index (χ0v) is 10.3. The van der Waals surface area contributed by atoms with Crippen LogP contribution in [0.2, 0.25) is 0 Å². The van der Waals surface area contributed by atoms with E-state index in [0.717, 1.165) is 24.4 Å². The van der Waals surface area contributed by atoms with Gasteiger partial charge in [0.15, 0.2) is 23.2 Å². The first-order valence-electron chi connectivity index (χ1n) is 6.07. The second kappa shape index (κ2) is 4.26. The van der Waals surface area contributed by atoms with Crippen LogP contribution in [0, 0.1) is 17.6 Å². The molecule has 1 aliphatic rings. The average Bonchev–Trinajstić information content (AvgIpc) is 2.76. The van der Waals surface area contributed by atoms with Crippen LogP contribution in [0.5, 0.6) is 5.75 Å². The highest BCUT2D eigenvalue weighted by Crippen LogP contribution is 2.34. The summed E-state index contributed by atoms with van der Waals surface area (Å²) in [6.45, 7) is 2.01. The Kier molecular flexibility index (Phi) is 2.69. The van der Waals surface area contributed by atoms with Crippen LogP contribution in [0.1, 0.15) is 18.1 Å². The maximum atomic E-state index is 14.1. The number of halogens is 2. The zero-order chi connectivity index (χ0) is 13.6. The highest BCUT2D eigenvalue weighted by Gasteiger charge is 2.26. The van der Waals surface area contributed by atoms with Crippen molar-refractivity contribution in [1.29, 1.82) is 0 Å². The van der Waals surface area contributed by atoms with Crippen molar-refractivity contribution >= 4 is 0 Å². The number of hydrogen-bond acceptors (Lipinski definition) is 3. The zero-order valence-electron chi connectivity index (χ0n) is 10.3. The third-order valence-electron chi connectivity index (χ3n) is 3.40. The van der Waals surface area contributed by atoms with Crippen LogP contribution in [0.15, 0.2) is 18.5 Å². The molecule has 2 aromatic rings. The molecule has 0 saturated carbocycles. The van der Waals surface area contributed by atoms with Gasteiger partial charge in [-0.25, -0.2) is 18.7 Å². The third kappa shape index (κ3) is 1.95. The summed E-state index contributed by atoms with van der Waals surface area (Å²) in [4.78, 5) is 7.65. The number of hydrogen-bond donors (Lipinski definition) is 1. The molecule has 1 aromatic heterocycles. The van der Waals surface area contributed by atoms with E-state index >= 15 is 0 Å². The van der Waals surface area contributed by atoms with Crippen molar-refractivity contribution in [3.63, 3.8) is 0 Å². The summed E-state index contributed by atoms with van der Waals surface area (Å²) in [5.41, 5.74) is 1.33. The van der Waals surface area contributed by atoms with Crippen molar-refractivity contribution in [2.24, 2.45) is 5.92 Å². The smallest absolute Gasteiger partial charge is 0.170 e. The minimum Gasteiger partial charge on any atom is -0.505 e. The molecule has 0 amide bonds. The van der Waals surface area contributed by atoms with Crippen LogP contribution in [-0.4, -0.2) is 15.1 Å². The first kappa shape index (κ1) is 12.0. The Hall–Kier alpha value is -2.04. The Morgan fingerprint density at radius 2 is 1.84 bits per heavy atom. The summed E-state index contributed by atoms with van der Waals surface area (Å²) in [6.07, 6.45) is 3.62. The van der Waals surface area contributed by atoms with Crippen molar-refractivity contribution in [3.8, 4) is 17.1 Å². The van der Waals surface area contributed by atoms with Crippen LogP contribution in [0.25, 0.3) is 11.4 Å². The van der Waals surface area contributed by atoms with E-state index in [1.54, 1.807) is 6.07 Å². The van der Waals surface area contributed by atoms with E-state index in [4.69, 9.17) is 5.11 Å². The van der Waals surface area contributed by atoms with Crippen LogP contribution >= 0.6 is 0 Å². The predicted molar refractivity (Wildman–Crippen MR) is 65.6 cm³/mol. The molecule has 1 aromatic carbocycles. The molecule has 0 spiro atoms. The summed E-state index contributed by atoms with van der Waals surface area (Å²) in [5.74, 6) is -1.43. The molecule has 5 heteroatoms. The van der Waals surface area contributed by atoms with Gasteiger partial charge in [-0.2, -0.15) is 0 Å². The lowest BCUT2D eigenvalue weighted by Gasteiger charge is -2.07. The van der Waals surface area contributed by atoms with Gasteiger partial charge in [0.25, 0.3) is 0 Å². The highest BCUT2D eigenvalue weighted by atomic mass is 19.2. The molecule has 1 heterocycles. The number of benzene rings is 1. The van der Waals surface area contributed by atoms with E-state index in [1.807, 2.05) is 6.92 Å². The monoisotopic (exact) mass is 262 g/mol. The highest BCUT2D eigenvalue weighted by molar-refractivity contribution is 5.60. The van der Waals surface area contributed by atoms with Gasteiger partial charge >= 0.3 is 0 Å². The van der Waals surface area contributed by atoms with E-state index in [-0.39, 0.29) is 17.1 Å². The van der Waals surface area contributed by atoms with Crippen LogP contribution in [-0.2, 0) is 12.8 Å². The number of rotatable bonds is 1. The maximum Gasteiger partial charge on any atom is 0.170 e. The molecule has 3 rings (SSSR count). The molecular formula is C14H12F2N2O. The number of aromatic hydroxyl groups is 1. The summed E-state index contributed by atoms with van der Waals surface area (Å²) in [5, 5.41) is 9.12. The topological polar surface area (TPSA) is 46.0 Å². The molecule has 1 atom stereocenters. The van der Waals surface area contributed by atoms with Gasteiger partial charge in [-0.05, 0) is 36.0 Å². The molecular weight excluding hydrogens is 250 g/mol. The lowest BCUT2D eigenvalue weighted by atomic mass is 10.0. The van der Waals surface area contributed by atoms with E-state index in [0.29, 0.717) is 17.9 Å². The first-order chi connectivity index (χ1) is 9.06. The van der Waals surface area contributed by atoms with Crippen LogP contribution in [0.3, 0.4) is 0 Å². The minimum absolute atomic E-state index is 0.0466. The molecule has 0 fully saturated rings. The Morgan fingerprint density at radius 3 is 2.53 bits per heavy atom. The van der Waals surface area contributed by atoms with Crippen molar-refractivity contribution in [2.75, 3.05) is 0 Å².